The quantitative estimate of drug-likeness (QED) is 0.845. The summed E-state index contributed by atoms with van der Waals surface area (Å²) in [6, 6.07) is 3.98. The van der Waals surface area contributed by atoms with E-state index in [1.54, 1.807) is 6.20 Å². The Morgan fingerprint density at radius 3 is 3.00 bits per heavy atom. The first-order chi connectivity index (χ1) is 7.81. The lowest BCUT2D eigenvalue weighted by molar-refractivity contribution is 0.713. The predicted octanol–water partition coefficient (Wildman–Crippen LogP) is 1.69. The Morgan fingerprint density at radius 1 is 1.44 bits per heavy atom. The van der Waals surface area contributed by atoms with Crippen molar-refractivity contribution >= 4 is 0 Å². The zero-order valence-corrected chi connectivity index (χ0v) is 9.64. The van der Waals surface area contributed by atoms with Crippen molar-refractivity contribution in [3.8, 4) is 5.69 Å². The van der Waals surface area contributed by atoms with Crippen molar-refractivity contribution in [2.24, 2.45) is 0 Å². The van der Waals surface area contributed by atoms with Gasteiger partial charge in [0.1, 0.15) is 0 Å². The van der Waals surface area contributed by atoms with E-state index < -0.39 is 0 Å². The SMILES string of the molecule is CCNCc1cnc(C)cc1-n1cccn1. The molecule has 0 aliphatic rings. The smallest absolute Gasteiger partial charge is 0.0723 e. The lowest BCUT2D eigenvalue weighted by atomic mass is 10.2. The molecule has 0 bridgehead atoms. The standard InChI is InChI=1S/C12H16N4/c1-3-13-8-11-9-14-10(2)7-12(11)16-6-4-5-15-16/h4-7,9,13H,3,8H2,1-2H3. The zero-order chi connectivity index (χ0) is 11.4. The van der Waals surface area contributed by atoms with E-state index in [1.807, 2.05) is 30.1 Å². The molecule has 84 valence electrons. The number of rotatable bonds is 4. The van der Waals surface area contributed by atoms with E-state index in [2.05, 4.69) is 28.4 Å². The summed E-state index contributed by atoms with van der Waals surface area (Å²) in [6.07, 6.45) is 5.64. The van der Waals surface area contributed by atoms with Crippen molar-refractivity contribution in [3.63, 3.8) is 0 Å². The van der Waals surface area contributed by atoms with Gasteiger partial charge in [-0.25, -0.2) is 4.68 Å². The highest BCUT2D eigenvalue weighted by atomic mass is 15.3. The van der Waals surface area contributed by atoms with Crippen LogP contribution >= 0.6 is 0 Å². The molecule has 0 aliphatic carbocycles. The molecule has 0 atom stereocenters. The van der Waals surface area contributed by atoms with E-state index in [1.165, 1.54) is 0 Å². The van der Waals surface area contributed by atoms with E-state index in [4.69, 9.17) is 0 Å². The van der Waals surface area contributed by atoms with E-state index >= 15 is 0 Å². The molecule has 0 fully saturated rings. The second-order valence-corrected chi connectivity index (χ2v) is 3.69. The monoisotopic (exact) mass is 216 g/mol. The van der Waals surface area contributed by atoms with Gasteiger partial charge in [-0.2, -0.15) is 5.10 Å². The van der Waals surface area contributed by atoms with Crippen LogP contribution in [0.5, 0.6) is 0 Å². The van der Waals surface area contributed by atoms with Crippen molar-refractivity contribution in [1.82, 2.24) is 20.1 Å². The average Bonchev–Trinajstić information content (AvgIpc) is 2.80. The van der Waals surface area contributed by atoms with Crippen LogP contribution in [0.2, 0.25) is 0 Å². The number of hydrogen-bond acceptors (Lipinski definition) is 3. The van der Waals surface area contributed by atoms with Gasteiger partial charge in [0.2, 0.25) is 0 Å². The maximum absolute atomic E-state index is 4.32. The van der Waals surface area contributed by atoms with Crippen LogP contribution in [0, 0.1) is 6.92 Å². The largest absolute Gasteiger partial charge is 0.313 e. The Hall–Kier alpha value is -1.68. The molecule has 2 aromatic rings. The Kier molecular flexibility index (Phi) is 3.31. The molecule has 4 nitrogen and oxygen atoms in total. The van der Waals surface area contributed by atoms with Gasteiger partial charge in [-0.3, -0.25) is 4.98 Å². The number of pyridine rings is 1. The van der Waals surface area contributed by atoms with Crippen molar-refractivity contribution < 1.29 is 0 Å². The van der Waals surface area contributed by atoms with Gasteiger partial charge in [-0.1, -0.05) is 6.92 Å². The Bertz CT molecular complexity index is 448. The molecule has 0 spiro atoms. The summed E-state index contributed by atoms with van der Waals surface area (Å²) < 4.78 is 1.88. The molecule has 0 aliphatic heterocycles. The van der Waals surface area contributed by atoms with Gasteiger partial charge in [0.15, 0.2) is 0 Å². The fraction of sp³-hybridized carbons (Fsp3) is 0.333. The number of hydrogen-bond donors (Lipinski definition) is 1. The Labute approximate surface area is 95.3 Å². The molecule has 0 saturated heterocycles. The Balaban J connectivity index is 2.37. The molecule has 4 heteroatoms. The highest BCUT2D eigenvalue weighted by molar-refractivity contribution is 5.39. The molecule has 0 unspecified atom stereocenters. The molecule has 1 N–H and O–H groups in total. The first kappa shape index (κ1) is 10.8. The minimum absolute atomic E-state index is 0.818. The van der Waals surface area contributed by atoms with Crippen molar-refractivity contribution in [3.05, 3.63) is 42.0 Å². The molecule has 2 heterocycles. The normalized spacial score (nSPS) is 10.6. The van der Waals surface area contributed by atoms with E-state index in [9.17, 15) is 0 Å². The van der Waals surface area contributed by atoms with Crippen molar-refractivity contribution in [2.75, 3.05) is 6.54 Å². The van der Waals surface area contributed by atoms with Crippen LogP contribution < -0.4 is 5.32 Å². The fourth-order valence-electron chi connectivity index (χ4n) is 1.59. The number of nitrogens with zero attached hydrogens (tertiary/aromatic N) is 3. The minimum Gasteiger partial charge on any atom is -0.313 e. The number of nitrogens with one attached hydrogen (secondary N) is 1. The van der Waals surface area contributed by atoms with E-state index in [-0.39, 0.29) is 0 Å². The summed E-state index contributed by atoms with van der Waals surface area (Å²) in [7, 11) is 0. The van der Waals surface area contributed by atoms with Crippen LogP contribution in [-0.2, 0) is 6.54 Å². The summed E-state index contributed by atoms with van der Waals surface area (Å²) in [5, 5.41) is 7.56. The summed E-state index contributed by atoms with van der Waals surface area (Å²) in [5.74, 6) is 0. The zero-order valence-electron chi connectivity index (χ0n) is 9.64. The highest BCUT2D eigenvalue weighted by Gasteiger charge is 2.05. The van der Waals surface area contributed by atoms with Gasteiger partial charge in [-0.05, 0) is 25.6 Å². The minimum atomic E-state index is 0.818. The van der Waals surface area contributed by atoms with Gasteiger partial charge in [0, 0.05) is 36.4 Å². The second-order valence-electron chi connectivity index (χ2n) is 3.69. The average molecular weight is 216 g/mol. The third-order valence-corrected chi connectivity index (χ3v) is 2.42. The molecular weight excluding hydrogens is 200 g/mol. The number of aryl methyl sites for hydroxylation is 1. The summed E-state index contributed by atoms with van der Waals surface area (Å²) in [6.45, 7) is 5.85. The van der Waals surface area contributed by atoms with Crippen LogP contribution in [0.4, 0.5) is 0 Å². The molecular formula is C12H16N4. The molecule has 16 heavy (non-hydrogen) atoms. The summed E-state index contributed by atoms with van der Waals surface area (Å²) in [5.41, 5.74) is 3.26. The molecule has 2 aromatic heterocycles. The first-order valence-corrected chi connectivity index (χ1v) is 5.47. The lowest BCUT2D eigenvalue weighted by Gasteiger charge is -2.10. The maximum atomic E-state index is 4.32. The first-order valence-electron chi connectivity index (χ1n) is 5.47. The van der Waals surface area contributed by atoms with Crippen LogP contribution in [0.1, 0.15) is 18.2 Å². The second kappa shape index (κ2) is 4.90. The van der Waals surface area contributed by atoms with E-state index in [0.29, 0.717) is 0 Å². The predicted molar refractivity (Wildman–Crippen MR) is 63.5 cm³/mol. The van der Waals surface area contributed by atoms with Crippen molar-refractivity contribution in [2.45, 2.75) is 20.4 Å². The fourth-order valence-corrected chi connectivity index (χ4v) is 1.59. The van der Waals surface area contributed by atoms with Gasteiger partial charge in [0.25, 0.3) is 0 Å². The number of aromatic nitrogens is 3. The summed E-state index contributed by atoms with van der Waals surface area (Å²) in [4.78, 5) is 4.32. The molecule has 0 saturated carbocycles. The molecule has 2 rings (SSSR count). The third kappa shape index (κ3) is 2.28. The van der Waals surface area contributed by atoms with Gasteiger partial charge < -0.3 is 5.32 Å². The lowest BCUT2D eigenvalue weighted by Crippen LogP contribution is -2.14. The van der Waals surface area contributed by atoms with Crippen LogP contribution in [0.25, 0.3) is 5.69 Å². The molecule has 0 radical (unpaired) electrons. The topological polar surface area (TPSA) is 42.7 Å². The molecule has 0 amide bonds. The van der Waals surface area contributed by atoms with Crippen molar-refractivity contribution in [1.29, 1.82) is 0 Å². The van der Waals surface area contributed by atoms with E-state index in [0.717, 1.165) is 30.0 Å². The molecule has 0 aromatic carbocycles. The van der Waals surface area contributed by atoms with Crippen LogP contribution in [0.3, 0.4) is 0 Å². The van der Waals surface area contributed by atoms with Gasteiger partial charge >= 0.3 is 0 Å². The third-order valence-electron chi connectivity index (χ3n) is 2.42. The maximum Gasteiger partial charge on any atom is 0.0723 e. The Morgan fingerprint density at radius 2 is 2.31 bits per heavy atom. The van der Waals surface area contributed by atoms with Crippen LogP contribution in [-0.4, -0.2) is 21.3 Å². The van der Waals surface area contributed by atoms with Gasteiger partial charge in [0.05, 0.1) is 5.69 Å². The summed E-state index contributed by atoms with van der Waals surface area (Å²) >= 11 is 0. The van der Waals surface area contributed by atoms with Crippen LogP contribution in [0.15, 0.2) is 30.7 Å². The highest BCUT2D eigenvalue weighted by Crippen LogP contribution is 2.13. The van der Waals surface area contributed by atoms with Gasteiger partial charge in [-0.15, -0.1) is 0 Å².